The van der Waals surface area contributed by atoms with E-state index >= 15 is 0 Å². The zero-order chi connectivity index (χ0) is 12.8. The van der Waals surface area contributed by atoms with Crippen molar-refractivity contribution in [3.63, 3.8) is 0 Å². The first kappa shape index (κ1) is 14.1. The minimum absolute atomic E-state index is 0.120. The molecule has 17 heavy (non-hydrogen) atoms. The molecule has 0 saturated heterocycles. The Balaban J connectivity index is 2.49. The van der Waals surface area contributed by atoms with Crippen LogP contribution >= 0.6 is 15.9 Å². The van der Waals surface area contributed by atoms with Gasteiger partial charge >= 0.3 is 5.97 Å². The summed E-state index contributed by atoms with van der Waals surface area (Å²) in [6.45, 7) is 3.29. The van der Waals surface area contributed by atoms with Gasteiger partial charge in [-0.25, -0.2) is 0 Å². The van der Waals surface area contributed by atoms with Crippen LogP contribution in [0.15, 0.2) is 22.9 Å². The Labute approximate surface area is 110 Å². The molecule has 1 atom stereocenters. The highest BCUT2D eigenvalue weighted by Crippen LogP contribution is 2.12. The summed E-state index contributed by atoms with van der Waals surface area (Å²) >= 11 is 3.38. The molecular formula is C12H17BrN2O2. The number of hydrogen-bond donors (Lipinski definition) is 0. The zero-order valence-electron chi connectivity index (χ0n) is 10.3. The predicted octanol–water partition coefficient (Wildman–Crippen LogP) is 2.08. The molecule has 1 unspecified atom stereocenters. The van der Waals surface area contributed by atoms with Crippen LogP contribution in [0, 0.1) is 5.92 Å². The van der Waals surface area contributed by atoms with E-state index in [0.717, 1.165) is 16.6 Å². The van der Waals surface area contributed by atoms with Crippen LogP contribution in [0.2, 0.25) is 0 Å². The van der Waals surface area contributed by atoms with Crippen LogP contribution in [0.1, 0.15) is 12.5 Å². The van der Waals surface area contributed by atoms with Gasteiger partial charge in [-0.15, -0.1) is 0 Å². The van der Waals surface area contributed by atoms with Crippen LogP contribution in [-0.4, -0.2) is 36.6 Å². The van der Waals surface area contributed by atoms with Gasteiger partial charge in [-0.3, -0.25) is 9.78 Å². The average molecular weight is 301 g/mol. The quantitative estimate of drug-likeness (QED) is 0.781. The lowest BCUT2D eigenvalue weighted by molar-refractivity contribution is -0.145. The number of esters is 1. The van der Waals surface area contributed by atoms with Crippen molar-refractivity contribution in [2.75, 3.05) is 20.7 Å². The lowest BCUT2D eigenvalue weighted by atomic mass is 10.1. The molecule has 5 heteroatoms. The second kappa shape index (κ2) is 6.71. The summed E-state index contributed by atoms with van der Waals surface area (Å²) in [5.74, 6) is -0.297. The third kappa shape index (κ3) is 4.83. The Kier molecular flexibility index (Phi) is 5.58. The van der Waals surface area contributed by atoms with Crippen LogP contribution < -0.4 is 0 Å². The van der Waals surface area contributed by atoms with Crippen molar-refractivity contribution in [1.82, 2.24) is 9.88 Å². The van der Waals surface area contributed by atoms with E-state index in [2.05, 4.69) is 25.8 Å². The molecule has 0 aliphatic carbocycles. The summed E-state index contributed by atoms with van der Waals surface area (Å²) in [6.07, 6.45) is 3.57. The van der Waals surface area contributed by atoms with Crippen molar-refractivity contribution in [2.45, 2.75) is 13.5 Å². The molecule has 1 aromatic heterocycles. The van der Waals surface area contributed by atoms with Gasteiger partial charge in [0.25, 0.3) is 0 Å². The zero-order valence-corrected chi connectivity index (χ0v) is 11.9. The number of carbonyl (C=O) groups excluding carboxylic acids is 1. The maximum atomic E-state index is 11.3. The van der Waals surface area contributed by atoms with Gasteiger partial charge in [-0.1, -0.05) is 6.92 Å². The molecule has 0 amide bonds. The second-order valence-electron chi connectivity index (χ2n) is 4.13. The number of carbonyl (C=O) groups is 1. The van der Waals surface area contributed by atoms with Crippen LogP contribution in [0.25, 0.3) is 0 Å². The Morgan fingerprint density at radius 3 is 2.88 bits per heavy atom. The topological polar surface area (TPSA) is 42.4 Å². The predicted molar refractivity (Wildman–Crippen MR) is 69.5 cm³/mol. The smallest absolute Gasteiger partial charge is 0.309 e. The Morgan fingerprint density at radius 2 is 2.29 bits per heavy atom. The maximum Gasteiger partial charge on any atom is 0.309 e. The fourth-order valence-electron chi connectivity index (χ4n) is 1.66. The Morgan fingerprint density at radius 1 is 1.59 bits per heavy atom. The van der Waals surface area contributed by atoms with Gasteiger partial charge in [-0.05, 0) is 34.6 Å². The van der Waals surface area contributed by atoms with E-state index in [1.807, 2.05) is 26.2 Å². The number of hydrogen-bond acceptors (Lipinski definition) is 4. The van der Waals surface area contributed by atoms with E-state index in [1.165, 1.54) is 7.11 Å². The summed E-state index contributed by atoms with van der Waals surface area (Å²) in [7, 11) is 3.39. The molecule has 1 heterocycles. The number of rotatable bonds is 5. The van der Waals surface area contributed by atoms with Gasteiger partial charge in [0.2, 0.25) is 0 Å². The van der Waals surface area contributed by atoms with Crippen LogP contribution in [0.5, 0.6) is 0 Å². The van der Waals surface area contributed by atoms with E-state index in [1.54, 1.807) is 6.20 Å². The molecule has 0 spiro atoms. The number of nitrogens with zero attached hydrogens (tertiary/aromatic N) is 2. The number of methoxy groups -OCH3 is 1. The Hall–Kier alpha value is -0.940. The molecule has 0 N–H and O–H groups in total. The number of aromatic nitrogens is 1. The van der Waals surface area contributed by atoms with E-state index in [9.17, 15) is 4.79 Å². The van der Waals surface area contributed by atoms with Gasteiger partial charge in [0.1, 0.15) is 0 Å². The largest absolute Gasteiger partial charge is 0.469 e. The number of ether oxygens (including phenoxy) is 1. The van der Waals surface area contributed by atoms with Gasteiger partial charge in [0.15, 0.2) is 0 Å². The van der Waals surface area contributed by atoms with Crippen LogP contribution in [0.4, 0.5) is 0 Å². The molecule has 0 aliphatic rings. The minimum atomic E-state index is -0.177. The molecule has 1 aromatic rings. The summed E-state index contributed by atoms with van der Waals surface area (Å²) in [5, 5.41) is 0. The average Bonchev–Trinajstić information content (AvgIpc) is 2.27. The highest BCUT2D eigenvalue weighted by molar-refractivity contribution is 9.10. The first-order chi connectivity index (χ1) is 8.02. The van der Waals surface area contributed by atoms with E-state index in [0.29, 0.717) is 6.54 Å². The molecule has 0 aromatic carbocycles. The van der Waals surface area contributed by atoms with Gasteiger partial charge in [0.05, 0.1) is 13.0 Å². The molecule has 94 valence electrons. The fraction of sp³-hybridized carbons (Fsp3) is 0.500. The van der Waals surface area contributed by atoms with Crippen LogP contribution in [0.3, 0.4) is 0 Å². The van der Waals surface area contributed by atoms with E-state index in [-0.39, 0.29) is 11.9 Å². The molecule has 0 aliphatic heterocycles. The number of halogens is 1. The number of pyridine rings is 1. The van der Waals surface area contributed by atoms with Crippen molar-refractivity contribution in [1.29, 1.82) is 0 Å². The Bertz CT molecular complexity index is 385. The van der Waals surface area contributed by atoms with Crippen molar-refractivity contribution in [2.24, 2.45) is 5.92 Å². The van der Waals surface area contributed by atoms with Gasteiger partial charge in [0, 0.05) is 30.0 Å². The summed E-state index contributed by atoms with van der Waals surface area (Å²) in [6, 6.07) is 2.02. The third-order valence-electron chi connectivity index (χ3n) is 2.40. The molecule has 4 nitrogen and oxygen atoms in total. The first-order valence-electron chi connectivity index (χ1n) is 5.38. The minimum Gasteiger partial charge on any atom is -0.469 e. The standard InChI is InChI=1S/C12H17BrN2O2/c1-9(12(16)17-3)7-15(2)8-10-4-11(13)6-14-5-10/h4-6,9H,7-8H2,1-3H3. The summed E-state index contributed by atoms with van der Waals surface area (Å²) in [5.41, 5.74) is 1.11. The molecule has 0 radical (unpaired) electrons. The van der Waals surface area contributed by atoms with Crippen molar-refractivity contribution in [3.8, 4) is 0 Å². The van der Waals surface area contributed by atoms with E-state index < -0.39 is 0 Å². The summed E-state index contributed by atoms with van der Waals surface area (Å²) in [4.78, 5) is 17.5. The van der Waals surface area contributed by atoms with Gasteiger partial charge < -0.3 is 9.64 Å². The highest BCUT2D eigenvalue weighted by atomic mass is 79.9. The van der Waals surface area contributed by atoms with Crippen LogP contribution in [-0.2, 0) is 16.1 Å². The van der Waals surface area contributed by atoms with E-state index in [4.69, 9.17) is 4.74 Å². The monoisotopic (exact) mass is 300 g/mol. The van der Waals surface area contributed by atoms with Crippen molar-refractivity contribution >= 4 is 21.9 Å². The fourth-order valence-corrected chi connectivity index (χ4v) is 2.07. The SMILES string of the molecule is COC(=O)C(C)CN(C)Cc1cncc(Br)c1. The first-order valence-corrected chi connectivity index (χ1v) is 6.18. The normalized spacial score (nSPS) is 12.5. The highest BCUT2D eigenvalue weighted by Gasteiger charge is 2.15. The van der Waals surface area contributed by atoms with Gasteiger partial charge in [-0.2, -0.15) is 0 Å². The lowest BCUT2D eigenvalue weighted by Crippen LogP contribution is -2.29. The van der Waals surface area contributed by atoms with Crippen molar-refractivity contribution in [3.05, 3.63) is 28.5 Å². The molecule has 0 bridgehead atoms. The second-order valence-corrected chi connectivity index (χ2v) is 5.05. The molecule has 1 rings (SSSR count). The maximum absolute atomic E-state index is 11.3. The lowest BCUT2D eigenvalue weighted by Gasteiger charge is -2.19. The molecule has 0 saturated carbocycles. The third-order valence-corrected chi connectivity index (χ3v) is 2.84. The molecule has 0 fully saturated rings. The summed E-state index contributed by atoms with van der Waals surface area (Å²) < 4.78 is 5.66. The van der Waals surface area contributed by atoms with Crippen molar-refractivity contribution < 1.29 is 9.53 Å². The molecular weight excluding hydrogens is 284 g/mol.